The molecule has 0 saturated carbocycles. The molecule has 1 aromatic rings. The number of nitrogens with zero attached hydrogens (tertiary/aromatic N) is 1. The molecule has 0 radical (unpaired) electrons. The maximum Gasteiger partial charge on any atom is 0.276 e. The summed E-state index contributed by atoms with van der Waals surface area (Å²) in [5.41, 5.74) is 6.03. The minimum Gasteiger partial charge on any atom is -0.331 e. The van der Waals surface area contributed by atoms with Crippen LogP contribution in [-0.2, 0) is 4.79 Å². The van der Waals surface area contributed by atoms with Gasteiger partial charge in [0.15, 0.2) is 11.5 Å². The van der Waals surface area contributed by atoms with E-state index in [4.69, 9.17) is 5.73 Å². The second-order valence-electron chi connectivity index (χ2n) is 4.03. The summed E-state index contributed by atoms with van der Waals surface area (Å²) in [5, 5.41) is 5.15. The van der Waals surface area contributed by atoms with E-state index in [1.807, 2.05) is 0 Å². The maximum absolute atomic E-state index is 11.9. The molecule has 1 aliphatic heterocycles. The van der Waals surface area contributed by atoms with Gasteiger partial charge in [0.25, 0.3) is 5.91 Å². The standard InChI is InChI=1S/C9H13N5O2/c1-4(2)6(15)9(10)13-7-5(8(16)14-9)11-3-12-7/h3-4,13H,10H2,1-2H3,(H,11,12)(H,14,16). The van der Waals surface area contributed by atoms with Crippen LogP contribution in [0.4, 0.5) is 5.82 Å². The van der Waals surface area contributed by atoms with E-state index in [0.717, 1.165) is 0 Å². The number of nitrogens with two attached hydrogens (primary N) is 1. The van der Waals surface area contributed by atoms with Crippen LogP contribution in [-0.4, -0.2) is 27.4 Å². The zero-order chi connectivity index (χ0) is 11.9. The number of carbonyl (C=O) groups is 2. The van der Waals surface area contributed by atoms with E-state index in [-0.39, 0.29) is 17.4 Å². The van der Waals surface area contributed by atoms with Crippen molar-refractivity contribution < 1.29 is 9.59 Å². The van der Waals surface area contributed by atoms with E-state index < -0.39 is 11.7 Å². The van der Waals surface area contributed by atoms with Crippen molar-refractivity contribution in [2.24, 2.45) is 11.7 Å². The minimum absolute atomic E-state index is 0.206. The van der Waals surface area contributed by atoms with E-state index in [2.05, 4.69) is 20.6 Å². The van der Waals surface area contributed by atoms with Gasteiger partial charge in [-0.05, 0) is 0 Å². The zero-order valence-corrected chi connectivity index (χ0v) is 9.00. The van der Waals surface area contributed by atoms with Gasteiger partial charge in [-0.3, -0.25) is 15.3 Å². The fraction of sp³-hybridized carbons (Fsp3) is 0.444. The molecule has 86 valence electrons. The average Bonchev–Trinajstić information content (AvgIpc) is 2.64. The predicted octanol–water partition coefficient (Wildman–Crippen LogP) is -0.597. The number of aromatic nitrogens is 2. The van der Waals surface area contributed by atoms with Crippen LogP contribution in [0.25, 0.3) is 0 Å². The summed E-state index contributed by atoms with van der Waals surface area (Å²) in [4.78, 5) is 30.0. The fourth-order valence-corrected chi connectivity index (χ4v) is 1.61. The molecule has 0 aliphatic carbocycles. The van der Waals surface area contributed by atoms with Crippen LogP contribution in [0.3, 0.4) is 0 Å². The first-order valence-corrected chi connectivity index (χ1v) is 4.91. The summed E-state index contributed by atoms with van der Waals surface area (Å²) in [5.74, 6) is -2.25. The predicted molar refractivity (Wildman–Crippen MR) is 56.4 cm³/mol. The third-order valence-corrected chi connectivity index (χ3v) is 2.40. The van der Waals surface area contributed by atoms with Crippen molar-refractivity contribution in [3.05, 3.63) is 12.0 Å². The molecule has 0 fully saturated rings. The molecule has 16 heavy (non-hydrogen) atoms. The van der Waals surface area contributed by atoms with Crippen molar-refractivity contribution in [1.82, 2.24) is 15.3 Å². The van der Waals surface area contributed by atoms with E-state index in [1.165, 1.54) is 6.33 Å². The van der Waals surface area contributed by atoms with E-state index in [0.29, 0.717) is 5.82 Å². The number of aromatic amines is 1. The fourth-order valence-electron chi connectivity index (χ4n) is 1.61. The molecule has 5 N–H and O–H groups in total. The Bertz CT molecular complexity index is 453. The highest BCUT2D eigenvalue weighted by molar-refractivity contribution is 6.05. The van der Waals surface area contributed by atoms with Crippen LogP contribution in [0.1, 0.15) is 24.3 Å². The van der Waals surface area contributed by atoms with Crippen molar-refractivity contribution in [3.8, 4) is 0 Å². The van der Waals surface area contributed by atoms with Crippen LogP contribution >= 0.6 is 0 Å². The molecule has 0 aromatic carbocycles. The number of ketones is 1. The number of Topliss-reactive ketones (excluding diaryl/α,β-unsaturated/α-hetero) is 1. The summed E-state index contributed by atoms with van der Waals surface area (Å²) in [7, 11) is 0. The Morgan fingerprint density at radius 2 is 2.19 bits per heavy atom. The Morgan fingerprint density at radius 1 is 1.50 bits per heavy atom. The van der Waals surface area contributed by atoms with Crippen molar-refractivity contribution in [2.45, 2.75) is 19.6 Å². The van der Waals surface area contributed by atoms with Gasteiger partial charge in [0.2, 0.25) is 5.79 Å². The minimum atomic E-state index is -1.56. The first-order chi connectivity index (χ1) is 7.44. The van der Waals surface area contributed by atoms with Crippen LogP contribution in [0, 0.1) is 5.92 Å². The number of hydrogen-bond donors (Lipinski definition) is 4. The number of anilines is 1. The monoisotopic (exact) mass is 223 g/mol. The van der Waals surface area contributed by atoms with Crippen LogP contribution in [0.5, 0.6) is 0 Å². The third kappa shape index (κ3) is 1.45. The molecule has 1 amide bonds. The number of carbonyl (C=O) groups excluding carboxylic acids is 2. The summed E-state index contributed by atoms with van der Waals surface area (Å²) >= 11 is 0. The molecule has 1 aliphatic rings. The molecule has 7 heteroatoms. The molecular weight excluding hydrogens is 210 g/mol. The summed E-state index contributed by atoms with van der Waals surface area (Å²) in [6, 6.07) is 0. The highest BCUT2D eigenvalue weighted by atomic mass is 16.2. The van der Waals surface area contributed by atoms with E-state index in [9.17, 15) is 9.59 Å². The van der Waals surface area contributed by atoms with Gasteiger partial charge < -0.3 is 15.6 Å². The Morgan fingerprint density at radius 3 is 2.81 bits per heavy atom. The van der Waals surface area contributed by atoms with Gasteiger partial charge in [-0.1, -0.05) is 13.8 Å². The SMILES string of the molecule is CC(C)C(=O)C1(N)NC(=O)c2nc[nH]c2N1. The maximum atomic E-state index is 11.9. The number of nitrogens with one attached hydrogen (secondary N) is 3. The first kappa shape index (κ1) is 10.6. The first-order valence-electron chi connectivity index (χ1n) is 4.91. The second-order valence-corrected chi connectivity index (χ2v) is 4.03. The number of imidazole rings is 1. The number of H-pyrrole nitrogens is 1. The number of rotatable bonds is 2. The Hall–Kier alpha value is -1.89. The van der Waals surface area contributed by atoms with Gasteiger partial charge in [0.1, 0.15) is 5.82 Å². The lowest BCUT2D eigenvalue weighted by molar-refractivity contribution is -0.127. The smallest absolute Gasteiger partial charge is 0.276 e. The second kappa shape index (κ2) is 3.31. The molecule has 1 unspecified atom stereocenters. The van der Waals surface area contributed by atoms with Crippen LogP contribution in [0.15, 0.2) is 6.33 Å². The Kier molecular flexibility index (Phi) is 2.20. The van der Waals surface area contributed by atoms with Crippen molar-refractivity contribution in [2.75, 3.05) is 5.32 Å². The van der Waals surface area contributed by atoms with E-state index >= 15 is 0 Å². The molecule has 0 saturated heterocycles. The Balaban J connectivity index is 2.36. The van der Waals surface area contributed by atoms with Crippen LogP contribution in [0.2, 0.25) is 0 Å². The van der Waals surface area contributed by atoms with Gasteiger partial charge in [0.05, 0.1) is 6.33 Å². The highest BCUT2D eigenvalue weighted by Gasteiger charge is 2.42. The molecule has 0 bridgehead atoms. The van der Waals surface area contributed by atoms with Gasteiger partial charge in [-0.15, -0.1) is 0 Å². The summed E-state index contributed by atoms with van der Waals surface area (Å²) in [6.45, 7) is 3.43. The highest BCUT2D eigenvalue weighted by Crippen LogP contribution is 2.20. The van der Waals surface area contributed by atoms with Crippen molar-refractivity contribution in [1.29, 1.82) is 0 Å². The largest absolute Gasteiger partial charge is 0.331 e. The number of hydrogen-bond acceptors (Lipinski definition) is 5. The van der Waals surface area contributed by atoms with Gasteiger partial charge in [-0.25, -0.2) is 4.98 Å². The van der Waals surface area contributed by atoms with Crippen molar-refractivity contribution >= 4 is 17.5 Å². The third-order valence-electron chi connectivity index (χ3n) is 2.40. The summed E-state index contributed by atoms with van der Waals surface area (Å²) in [6.07, 6.45) is 1.36. The van der Waals surface area contributed by atoms with Gasteiger partial charge >= 0.3 is 0 Å². The lowest BCUT2D eigenvalue weighted by Crippen LogP contribution is -2.69. The normalized spacial score (nSPS) is 23.6. The quantitative estimate of drug-likeness (QED) is 0.535. The number of amides is 1. The number of fused-ring (bicyclic) bond motifs is 1. The molecular formula is C9H13N5O2. The molecule has 2 heterocycles. The van der Waals surface area contributed by atoms with E-state index in [1.54, 1.807) is 13.8 Å². The lowest BCUT2D eigenvalue weighted by Gasteiger charge is -2.34. The average molecular weight is 223 g/mol. The van der Waals surface area contributed by atoms with Crippen molar-refractivity contribution in [3.63, 3.8) is 0 Å². The molecule has 7 nitrogen and oxygen atoms in total. The molecule has 2 rings (SSSR count). The van der Waals surface area contributed by atoms with Crippen LogP contribution < -0.4 is 16.4 Å². The van der Waals surface area contributed by atoms with Gasteiger partial charge in [0, 0.05) is 5.92 Å². The topological polar surface area (TPSA) is 113 Å². The summed E-state index contributed by atoms with van der Waals surface area (Å²) < 4.78 is 0. The lowest BCUT2D eigenvalue weighted by atomic mass is 10.0. The molecule has 1 aromatic heterocycles. The Labute approximate surface area is 91.8 Å². The molecule has 0 spiro atoms. The van der Waals surface area contributed by atoms with Gasteiger partial charge in [-0.2, -0.15) is 0 Å². The molecule has 1 atom stereocenters. The zero-order valence-electron chi connectivity index (χ0n) is 9.00.